The molecular formula is C23H30N4O5S. The average Bonchev–Trinajstić information content (AvgIpc) is 3.13. The predicted molar refractivity (Wildman–Crippen MR) is 125 cm³/mol. The molecule has 2 saturated heterocycles. The Morgan fingerprint density at radius 2 is 1.67 bits per heavy atom. The van der Waals surface area contributed by atoms with Crippen molar-refractivity contribution in [3.8, 4) is 0 Å². The summed E-state index contributed by atoms with van der Waals surface area (Å²) in [6, 6.07) is 6.57. The maximum absolute atomic E-state index is 13.2. The van der Waals surface area contributed by atoms with Crippen molar-refractivity contribution in [3.05, 3.63) is 35.4 Å². The van der Waals surface area contributed by atoms with Gasteiger partial charge >= 0.3 is 0 Å². The fourth-order valence-corrected chi connectivity index (χ4v) is 4.42. The summed E-state index contributed by atoms with van der Waals surface area (Å²) >= 11 is 1.60. The molecule has 0 radical (unpaired) electrons. The van der Waals surface area contributed by atoms with Gasteiger partial charge in [-0.3, -0.25) is 28.9 Å². The first kappa shape index (κ1) is 24.8. The van der Waals surface area contributed by atoms with E-state index in [9.17, 15) is 24.0 Å². The smallest absolute Gasteiger partial charge is 0.251 e. The van der Waals surface area contributed by atoms with E-state index in [4.69, 9.17) is 0 Å². The molecule has 1 unspecified atom stereocenters. The van der Waals surface area contributed by atoms with Crippen LogP contribution in [-0.2, 0) is 19.2 Å². The van der Waals surface area contributed by atoms with Crippen LogP contribution in [0.25, 0.3) is 0 Å². The predicted octanol–water partition coefficient (Wildman–Crippen LogP) is 0.666. The summed E-state index contributed by atoms with van der Waals surface area (Å²) < 4.78 is 0. The van der Waals surface area contributed by atoms with Gasteiger partial charge in [0.1, 0.15) is 12.6 Å². The van der Waals surface area contributed by atoms with Gasteiger partial charge in [-0.15, -0.1) is 0 Å². The minimum Gasteiger partial charge on any atom is -0.340 e. The van der Waals surface area contributed by atoms with E-state index in [0.29, 0.717) is 38.2 Å². The van der Waals surface area contributed by atoms with E-state index < -0.39 is 6.04 Å². The summed E-state index contributed by atoms with van der Waals surface area (Å²) in [6.07, 6.45) is 2.76. The number of carbonyl (C=O) groups is 5. The fourth-order valence-electron chi connectivity index (χ4n) is 3.95. The van der Waals surface area contributed by atoms with Gasteiger partial charge in [-0.1, -0.05) is 17.7 Å². The van der Waals surface area contributed by atoms with Gasteiger partial charge in [0.15, 0.2) is 0 Å². The lowest BCUT2D eigenvalue weighted by Crippen LogP contribution is -2.57. The van der Waals surface area contributed by atoms with Crippen LogP contribution in [0.1, 0.15) is 35.2 Å². The first-order valence-electron chi connectivity index (χ1n) is 11.1. The number of benzene rings is 1. The molecule has 1 aromatic rings. The number of piperazine rings is 1. The fraction of sp³-hybridized carbons (Fsp3) is 0.522. The van der Waals surface area contributed by atoms with Crippen molar-refractivity contribution in [1.29, 1.82) is 0 Å². The SMILES string of the molecule is CSCCC(NC(=O)c1cccc(C)c1)C(=O)N1CCN(C(=O)CN2C(=O)CCC2=O)CC1. The molecule has 33 heavy (non-hydrogen) atoms. The maximum atomic E-state index is 13.2. The van der Waals surface area contributed by atoms with Gasteiger partial charge in [-0.25, -0.2) is 0 Å². The molecule has 0 saturated carbocycles. The summed E-state index contributed by atoms with van der Waals surface area (Å²) in [4.78, 5) is 66.2. The minimum atomic E-state index is -0.646. The summed E-state index contributed by atoms with van der Waals surface area (Å²) in [7, 11) is 0. The van der Waals surface area contributed by atoms with Crippen LogP contribution in [-0.4, -0.2) is 95.0 Å². The summed E-state index contributed by atoms with van der Waals surface area (Å²) in [5.74, 6) is -0.654. The Morgan fingerprint density at radius 3 is 2.27 bits per heavy atom. The third kappa shape index (κ3) is 6.34. The van der Waals surface area contributed by atoms with E-state index in [1.807, 2.05) is 25.3 Å². The summed E-state index contributed by atoms with van der Waals surface area (Å²) in [5, 5.41) is 2.88. The molecule has 178 valence electrons. The lowest BCUT2D eigenvalue weighted by atomic mass is 10.1. The maximum Gasteiger partial charge on any atom is 0.251 e. The molecule has 10 heteroatoms. The topological polar surface area (TPSA) is 107 Å². The third-order valence-electron chi connectivity index (χ3n) is 5.89. The molecule has 1 N–H and O–H groups in total. The van der Waals surface area contributed by atoms with Crippen LogP contribution >= 0.6 is 11.8 Å². The second-order valence-corrected chi connectivity index (χ2v) is 9.24. The van der Waals surface area contributed by atoms with E-state index in [0.717, 1.165) is 16.2 Å². The second-order valence-electron chi connectivity index (χ2n) is 8.26. The highest BCUT2D eigenvalue weighted by atomic mass is 32.2. The van der Waals surface area contributed by atoms with Gasteiger partial charge in [0, 0.05) is 44.6 Å². The van der Waals surface area contributed by atoms with Crippen LogP contribution in [0.4, 0.5) is 0 Å². The van der Waals surface area contributed by atoms with Crippen molar-refractivity contribution in [2.45, 2.75) is 32.2 Å². The molecule has 1 atom stereocenters. The van der Waals surface area contributed by atoms with Gasteiger partial charge in [-0.2, -0.15) is 11.8 Å². The van der Waals surface area contributed by atoms with E-state index in [1.54, 1.807) is 33.7 Å². The average molecular weight is 475 g/mol. The Hall–Kier alpha value is -2.88. The van der Waals surface area contributed by atoms with E-state index in [2.05, 4.69) is 5.32 Å². The molecule has 0 aromatic heterocycles. The quantitative estimate of drug-likeness (QED) is 0.555. The first-order chi connectivity index (χ1) is 15.8. The second kappa shape index (κ2) is 11.3. The van der Waals surface area contributed by atoms with Crippen LogP contribution < -0.4 is 5.32 Å². The highest BCUT2D eigenvalue weighted by Gasteiger charge is 2.34. The number of nitrogens with zero attached hydrogens (tertiary/aromatic N) is 3. The van der Waals surface area contributed by atoms with Gasteiger partial charge in [0.25, 0.3) is 5.91 Å². The van der Waals surface area contributed by atoms with Crippen LogP contribution in [0, 0.1) is 6.92 Å². The highest BCUT2D eigenvalue weighted by Crippen LogP contribution is 2.14. The van der Waals surface area contributed by atoms with Crippen LogP contribution in [0.2, 0.25) is 0 Å². The molecule has 0 spiro atoms. The minimum absolute atomic E-state index is 0.153. The molecular weight excluding hydrogens is 444 g/mol. The molecule has 5 amide bonds. The number of carbonyl (C=O) groups excluding carboxylic acids is 5. The van der Waals surface area contributed by atoms with E-state index >= 15 is 0 Å². The van der Waals surface area contributed by atoms with Crippen LogP contribution in [0.5, 0.6) is 0 Å². The molecule has 0 bridgehead atoms. The van der Waals surface area contributed by atoms with Crippen molar-refractivity contribution < 1.29 is 24.0 Å². The summed E-state index contributed by atoms with van der Waals surface area (Å²) in [6.45, 7) is 2.98. The summed E-state index contributed by atoms with van der Waals surface area (Å²) in [5.41, 5.74) is 1.48. The van der Waals surface area contributed by atoms with Crippen molar-refractivity contribution in [1.82, 2.24) is 20.0 Å². The standard InChI is InChI=1S/C23H30N4O5S/c1-16-4-3-5-17(14-16)22(31)24-18(8-13-33-2)23(32)26-11-9-25(10-12-26)21(30)15-27-19(28)6-7-20(27)29/h3-5,14,18H,6-13,15H2,1-2H3,(H,24,31). The van der Waals surface area contributed by atoms with Gasteiger partial charge < -0.3 is 15.1 Å². The number of nitrogens with one attached hydrogen (secondary N) is 1. The van der Waals surface area contributed by atoms with E-state index in [1.165, 1.54) is 0 Å². The number of aryl methyl sites for hydroxylation is 1. The molecule has 2 heterocycles. The number of thioether (sulfide) groups is 1. The molecule has 3 rings (SSSR count). The van der Waals surface area contributed by atoms with Crippen LogP contribution in [0.15, 0.2) is 24.3 Å². The molecule has 2 aliphatic heterocycles. The van der Waals surface area contributed by atoms with Crippen molar-refractivity contribution in [3.63, 3.8) is 0 Å². The Labute approximate surface area is 197 Å². The number of hydrogen-bond donors (Lipinski definition) is 1. The monoisotopic (exact) mass is 474 g/mol. The van der Waals surface area contributed by atoms with E-state index in [-0.39, 0.29) is 48.9 Å². The van der Waals surface area contributed by atoms with Crippen molar-refractivity contribution >= 4 is 41.3 Å². The zero-order valence-corrected chi connectivity index (χ0v) is 19.9. The number of likely N-dealkylation sites (tertiary alicyclic amines) is 1. The lowest BCUT2D eigenvalue weighted by Gasteiger charge is -2.37. The van der Waals surface area contributed by atoms with Crippen LogP contribution in [0.3, 0.4) is 0 Å². The molecule has 1 aromatic carbocycles. The number of imide groups is 1. The number of amides is 5. The number of hydrogen-bond acceptors (Lipinski definition) is 6. The largest absolute Gasteiger partial charge is 0.340 e. The van der Waals surface area contributed by atoms with Crippen molar-refractivity contribution in [2.75, 3.05) is 44.7 Å². The zero-order chi connectivity index (χ0) is 24.0. The Kier molecular flexibility index (Phi) is 8.49. The lowest BCUT2D eigenvalue weighted by molar-refractivity contribution is -0.147. The zero-order valence-electron chi connectivity index (χ0n) is 19.0. The first-order valence-corrected chi connectivity index (χ1v) is 12.5. The third-order valence-corrected chi connectivity index (χ3v) is 6.53. The highest BCUT2D eigenvalue weighted by molar-refractivity contribution is 7.98. The normalized spacial score (nSPS) is 17.3. The molecule has 2 fully saturated rings. The number of rotatable bonds is 8. The van der Waals surface area contributed by atoms with Gasteiger partial charge in [0.2, 0.25) is 23.6 Å². The Morgan fingerprint density at radius 1 is 1.03 bits per heavy atom. The Bertz CT molecular complexity index is 913. The van der Waals surface area contributed by atoms with Gasteiger partial charge in [-0.05, 0) is 37.5 Å². The van der Waals surface area contributed by atoms with Gasteiger partial charge in [0.05, 0.1) is 0 Å². The van der Waals surface area contributed by atoms with Crippen molar-refractivity contribution in [2.24, 2.45) is 0 Å². The Balaban J connectivity index is 1.56. The molecule has 2 aliphatic rings. The molecule has 0 aliphatic carbocycles. The molecule has 9 nitrogen and oxygen atoms in total.